The van der Waals surface area contributed by atoms with Crippen LogP contribution >= 0.6 is 23.2 Å². The minimum Gasteiger partial charge on any atom is -0.320 e. The van der Waals surface area contributed by atoms with E-state index in [-0.39, 0.29) is 10.6 Å². The van der Waals surface area contributed by atoms with Crippen molar-refractivity contribution in [2.45, 2.75) is 0 Å². The highest BCUT2D eigenvalue weighted by Gasteiger charge is 2.11. The van der Waals surface area contributed by atoms with E-state index in [2.05, 4.69) is 5.32 Å². The first-order chi connectivity index (χ1) is 11.1. The average Bonchev–Trinajstić information content (AvgIpc) is 2.55. The summed E-state index contributed by atoms with van der Waals surface area (Å²) >= 11 is 12.1. The third-order valence-corrected chi connectivity index (χ3v) is 3.42. The van der Waals surface area contributed by atoms with Gasteiger partial charge in [0.1, 0.15) is 11.6 Å². The molecule has 2 aromatic rings. The van der Waals surface area contributed by atoms with E-state index in [1.54, 1.807) is 30.3 Å². The Morgan fingerprint density at radius 1 is 1.09 bits per heavy atom. The van der Waals surface area contributed by atoms with Crippen LogP contribution < -0.4 is 5.32 Å². The minimum atomic E-state index is -0.569. The second-order valence-electron chi connectivity index (χ2n) is 4.54. The molecule has 0 spiro atoms. The Bertz CT molecular complexity index is 805. The Balaban J connectivity index is 2.19. The van der Waals surface area contributed by atoms with Gasteiger partial charge in [0.15, 0.2) is 0 Å². The number of nitrogens with zero attached hydrogens (tertiary/aromatic N) is 1. The molecule has 0 atom stereocenters. The highest BCUT2D eigenvalue weighted by molar-refractivity contribution is 6.34. The van der Waals surface area contributed by atoms with E-state index in [4.69, 9.17) is 28.5 Å². The molecular formula is C18H12Cl2N2O. The molecule has 0 bridgehead atoms. The molecule has 0 aliphatic heterocycles. The summed E-state index contributed by atoms with van der Waals surface area (Å²) in [7, 11) is 0. The molecule has 0 saturated carbocycles. The number of carbonyl (C=O) groups excluding carboxylic acids is 1. The van der Waals surface area contributed by atoms with Gasteiger partial charge >= 0.3 is 0 Å². The molecule has 0 aliphatic rings. The number of hydrogen-bond acceptors (Lipinski definition) is 2. The maximum atomic E-state index is 12.1. The van der Waals surface area contributed by atoms with Crippen molar-refractivity contribution in [2.24, 2.45) is 0 Å². The zero-order valence-corrected chi connectivity index (χ0v) is 13.5. The predicted octanol–water partition coefficient (Wildman–Crippen LogP) is 5.01. The molecule has 0 aliphatic carbocycles. The van der Waals surface area contributed by atoms with Crippen molar-refractivity contribution in [1.82, 2.24) is 0 Å². The first-order valence-corrected chi connectivity index (χ1v) is 7.45. The van der Waals surface area contributed by atoms with Gasteiger partial charge in [-0.25, -0.2) is 0 Å². The Hall–Kier alpha value is -2.54. The van der Waals surface area contributed by atoms with Crippen LogP contribution in [0.2, 0.25) is 5.02 Å². The van der Waals surface area contributed by atoms with E-state index in [1.165, 1.54) is 6.08 Å². The fraction of sp³-hybridized carbons (Fsp3) is 0. The van der Waals surface area contributed by atoms with Crippen LogP contribution in [-0.4, -0.2) is 5.91 Å². The summed E-state index contributed by atoms with van der Waals surface area (Å²) in [6.45, 7) is 0. The van der Waals surface area contributed by atoms with Crippen LogP contribution in [0.4, 0.5) is 5.69 Å². The lowest BCUT2D eigenvalue weighted by molar-refractivity contribution is -0.112. The molecule has 3 nitrogen and oxygen atoms in total. The number of benzene rings is 2. The number of allylic oxidation sites excluding steroid dienone is 2. The van der Waals surface area contributed by atoms with Gasteiger partial charge in [-0.2, -0.15) is 5.26 Å². The summed E-state index contributed by atoms with van der Waals surface area (Å²) in [4.78, 5) is 12.1. The third kappa shape index (κ3) is 5.00. The molecule has 23 heavy (non-hydrogen) atoms. The quantitative estimate of drug-likeness (QED) is 0.482. The van der Waals surface area contributed by atoms with Gasteiger partial charge in [-0.1, -0.05) is 65.7 Å². The van der Waals surface area contributed by atoms with E-state index in [9.17, 15) is 4.79 Å². The minimum absolute atomic E-state index is 0.109. The Morgan fingerprint density at radius 3 is 2.39 bits per heavy atom. The van der Waals surface area contributed by atoms with Crippen molar-refractivity contribution >= 4 is 40.9 Å². The number of amides is 1. The molecule has 0 aromatic heterocycles. The van der Waals surface area contributed by atoms with Crippen LogP contribution in [-0.2, 0) is 4.79 Å². The van der Waals surface area contributed by atoms with Crippen LogP contribution in [0.25, 0.3) is 6.08 Å². The van der Waals surface area contributed by atoms with E-state index < -0.39 is 5.91 Å². The fourth-order valence-corrected chi connectivity index (χ4v) is 2.21. The summed E-state index contributed by atoms with van der Waals surface area (Å²) in [6.07, 6.45) is 2.99. The average molecular weight is 343 g/mol. The Labute approximate surface area is 144 Å². The summed E-state index contributed by atoms with van der Waals surface area (Å²) < 4.78 is 0. The van der Waals surface area contributed by atoms with Gasteiger partial charge < -0.3 is 5.32 Å². The van der Waals surface area contributed by atoms with Gasteiger partial charge in [-0.15, -0.1) is 0 Å². The number of hydrogen-bond donors (Lipinski definition) is 1. The molecule has 0 saturated heterocycles. The zero-order chi connectivity index (χ0) is 16.7. The Kier molecular flexibility index (Phi) is 5.99. The normalized spacial score (nSPS) is 11.7. The Morgan fingerprint density at radius 2 is 1.74 bits per heavy atom. The van der Waals surface area contributed by atoms with E-state index >= 15 is 0 Å². The van der Waals surface area contributed by atoms with Gasteiger partial charge in [0.2, 0.25) is 0 Å². The summed E-state index contributed by atoms with van der Waals surface area (Å²) in [6, 6.07) is 18.0. The fourth-order valence-electron chi connectivity index (χ4n) is 1.79. The molecule has 0 fully saturated rings. The van der Waals surface area contributed by atoms with Gasteiger partial charge in [-0.3, -0.25) is 4.79 Å². The van der Waals surface area contributed by atoms with Crippen molar-refractivity contribution in [1.29, 1.82) is 5.26 Å². The van der Waals surface area contributed by atoms with Gasteiger partial charge in [0.25, 0.3) is 5.91 Å². The van der Waals surface area contributed by atoms with E-state index in [0.717, 1.165) is 5.56 Å². The SMILES string of the molecule is N#C/C(=C\C(Cl)=C\c1ccccc1)C(=O)Nc1ccccc1Cl. The molecule has 0 radical (unpaired) electrons. The predicted molar refractivity (Wildman–Crippen MR) is 94.0 cm³/mol. The molecule has 5 heteroatoms. The largest absolute Gasteiger partial charge is 0.320 e. The first-order valence-electron chi connectivity index (χ1n) is 6.70. The van der Waals surface area contributed by atoms with Crippen molar-refractivity contribution < 1.29 is 4.79 Å². The third-order valence-electron chi connectivity index (χ3n) is 2.87. The highest BCUT2D eigenvalue weighted by atomic mass is 35.5. The van der Waals surface area contributed by atoms with Crippen LogP contribution in [0.1, 0.15) is 5.56 Å². The topological polar surface area (TPSA) is 52.9 Å². The van der Waals surface area contributed by atoms with Crippen molar-refractivity contribution in [2.75, 3.05) is 5.32 Å². The van der Waals surface area contributed by atoms with Crippen molar-refractivity contribution in [3.8, 4) is 6.07 Å². The van der Waals surface area contributed by atoms with Crippen LogP contribution in [0.5, 0.6) is 0 Å². The molecule has 1 N–H and O–H groups in total. The number of anilines is 1. The molecule has 2 aromatic carbocycles. The van der Waals surface area contributed by atoms with Gasteiger partial charge in [0, 0.05) is 5.03 Å². The van der Waals surface area contributed by atoms with Crippen LogP contribution in [0.3, 0.4) is 0 Å². The molecule has 0 heterocycles. The monoisotopic (exact) mass is 342 g/mol. The standard InChI is InChI=1S/C18H12Cl2N2O/c19-15(10-13-6-2-1-3-7-13)11-14(12-21)18(23)22-17-9-5-4-8-16(17)20/h1-11H,(H,22,23)/b14-11+,15-10-. The van der Waals surface area contributed by atoms with Gasteiger partial charge in [-0.05, 0) is 29.8 Å². The van der Waals surface area contributed by atoms with Crippen LogP contribution in [0.15, 0.2) is 71.3 Å². The maximum absolute atomic E-state index is 12.1. The number of para-hydroxylation sites is 1. The van der Waals surface area contributed by atoms with Gasteiger partial charge in [0.05, 0.1) is 10.7 Å². The smallest absolute Gasteiger partial charge is 0.266 e. The lowest BCUT2D eigenvalue weighted by Crippen LogP contribution is -2.13. The molecule has 1 amide bonds. The second kappa shape index (κ2) is 8.19. The molecule has 114 valence electrons. The summed E-state index contributed by atoms with van der Waals surface area (Å²) in [5.74, 6) is -0.569. The number of rotatable bonds is 4. The number of nitriles is 1. The zero-order valence-electron chi connectivity index (χ0n) is 12.0. The van der Waals surface area contributed by atoms with Crippen LogP contribution in [0, 0.1) is 11.3 Å². The lowest BCUT2D eigenvalue weighted by Gasteiger charge is -2.05. The number of halogens is 2. The van der Waals surface area contributed by atoms with E-state index in [0.29, 0.717) is 10.7 Å². The van der Waals surface area contributed by atoms with Crippen molar-refractivity contribution in [3.63, 3.8) is 0 Å². The molecule has 2 rings (SSSR count). The number of carbonyl (C=O) groups is 1. The second-order valence-corrected chi connectivity index (χ2v) is 5.39. The maximum Gasteiger partial charge on any atom is 0.266 e. The lowest BCUT2D eigenvalue weighted by atomic mass is 10.2. The van der Waals surface area contributed by atoms with E-state index in [1.807, 2.05) is 36.4 Å². The highest BCUT2D eigenvalue weighted by Crippen LogP contribution is 2.21. The van der Waals surface area contributed by atoms with Crippen molar-refractivity contribution in [3.05, 3.63) is 81.9 Å². The molecular weight excluding hydrogens is 331 g/mol. The first kappa shape index (κ1) is 16.8. The summed E-state index contributed by atoms with van der Waals surface area (Å²) in [5.41, 5.74) is 1.20. The number of nitrogens with one attached hydrogen (secondary N) is 1. The molecule has 0 unspecified atom stereocenters. The summed E-state index contributed by atoms with van der Waals surface area (Å²) in [5, 5.41) is 12.4.